The number of hydrogen-bond donors (Lipinski definition) is 2. The molecule has 1 fully saturated rings. The second kappa shape index (κ2) is 8.38. The molecular formula is C26H26N4O2. The number of carbonyl (C=O) groups excluding carboxylic acids is 1. The number of carbonyl (C=O) groups is 1. The van der Waals surface area contributed by atoms with Gasteiger partial charge in [0.1, 0.15) is 11.5 Å². The smallest absolute Gasteiger partial charge is 0.250 e. The summed E-state index contributed by atoms with van der Waals surface area (Å²) in [5.41, 5.74) is 10.7. The zero-order valence-electron chi connectivity index (χ0n) is 18.0. The predicted molar refractivity (Wildman–Crippen MR) is 126 cm³/mol. The fourth-order valence-electron chi connectivity index (χ4n) is 4.51. The van der Waals surface area contributed by atoms with E-state index in [4.69, 9.17) is 15.6 Å². The maximum atomic E-state index is 11.9. The van der Waals surface area contributed by atoms with Crippen LogP contribution in [-0.4, -0.2) is 15.5 Å². The Labute approximate surface area is 187 Å². The molecule has 32 heavy (non-hydrogen) atoms. The molecule has 0 saturated heterocycles. The first-order valence-corrected chi connectivity index (χ1v) is 11.0. The molecule has 0 radical (unpaired) electrons. The van der Waals surface area contributed by atoms with Gasteiger partial charge in [-0.3, -0.25) is 4.79 Å². The molecule has 0 bridgehead atoms. The van der Waals surface area contributed by atoms with Gasteiger partial charge in [-0.25, -0.2) is 4.52 Å². The molecule has 0 atom stereocenters. The lowest BCUT2D eigenvalue weighted by Crippen LogP contribution is -2.10. The number of fused-ring (bicyclic) bond motifs is 1. The number of anilines is 2. The molecule has 0 unspecified atom stereocenters. The third-order valence-electron chi connectivity index (χ3n) is 6.16. The van der Waals surface area contributed by atoms with Gasteiger partial charge in [-0.05, 0) is 67.8 Å². The second-order valence-corrected chi connectivity index (χ2v) is 8.35. The Hall–Kier alpha value is -3.80. The Balaban J connectivity index is 1.48. The van der Waals surface area contributed by atoms with Crippen LogP contribution in [0.2, 0.25) is 0 Å². The Morgan fingerprint density at radius 3 is 2.44 bits per heavy atom. The van der Waals surface area contributed by atoms with Crippen LogP contribution in [0.25, 0.3) is 5.52 Å². The van der Waals surface area contributed by atoms with Crippen molar-refractivity contribution in [3.05, 3.63) is 83.7 Å². The van der Waals surface area contributed by atoms with Crippen molar-refractivity contribution in [2.45, 2.75) is 38.5 Å². The molecule has 0 spiro atoms. The van der Waals surface area contributed by atoms with Crippen LogP contribution in [0.15, 0.2) is 66.9 Å². The maximum absolute atomic E-state index is 11.9. The first-order chi connectivity index (χ1) is 15.6. The van der Waals surface area contributed by atoms with Crippen molar-refractivity contribution >= 4 is 22.8 Å². The van der Waals surface area contributed by atoms with Crippen molar-refractivity contribution < 1.29 is 9.53 Å². The van der Waals surface area contributed by atoms with Crippen molar-refractivity contribution in [3.63, 3.8) is 0 Å². The van der Waals surface area contributed by atoms with Gasteiger partial charge in [-0.15, -0.1) is 0 Å². The first kappa shape index (κ1) is 20.1. The summed E-state index contributed by atoms with van der Waals surface area (Å²) in [5.74, 6) is 1.57. The average molecular weight is 427 g/mol. The zero-order chi connectivity index (χ0) is 22.1. The van der Waals surface area contributed by atoms with Crippen molar-refractivity contribution in [1.82, 2.24) is 9.61 Å². The second-order valence-electron chi connectivity index (χ2n) is 8.35. The van der Waals surface area contributed by atoms with E-state index in [0.29, 0.717) is 11.5 Å². The lowest BCUT2D eigenvalue weighted by Gasteiger charge is -2.15. The van der Waals surface area contributed by atoms with Crippen molar-refractivity contribution in [1.29, 1.82) is 0 Å². The Morgan fingerprint density at radius 2 is 1.75 bits per heavy atom. The maximum Gasteiger partial charge on any atom is 0.250 e. The lowest BCUT2D eigenvalue weighted by atomic mass is 10.0. The average Bonchev–Trinajstić information content (AvgIpc) is 3.44. The van der Waals surface area contributed by atoms with E-state index in [1.807, 2.05) is 61.5 Å². The summed E-state index contributed by atoms with van der Waals surface area (Å²) in [7, 11) is 0. The molecule has 6 heteroatoms. The molecular weight excluding hydrogens is 400 g/mol. The minimum absolute atomic E-state index is 0.441. The molecule has 0 aliphatic heterocycles. The Morgan fingerprint density at radius 1 is 1.06 bits per heavy atom. The van der Waals surface area contributed by atoms with Gasteiger partial charge >= 0.3 is 0 Å². The zero-order valence-corrected chi connectivity index (χ0v) is 18.0. The van der Waals surface area contributed by atoms with Crippen LogP contribution >= 0.6 is 0 Å². The van der Waals surface area contributed by atoms with Crippen molar-refractivity contribution in [2.75, 3.05) is 5.32 Å². The number of benzene rings is 2. The van der Waals surface area contributed by atoms with E-state index in [9.17, 15) is 4.79 Å². The quantitative estimate of drug-likeness (QED) is 0.400. The van der Waals surface area contributed by atoms with Gasteiger partial charge < -0.3 is 15.8 Å². The topological polar surface area (TPSA) is 81.7 Å². The van der Waals surface area contributed by atoms with Gasteiger partial charge in [0, 0.05) is 17.8 Å². The van der Waals surface area contributed by atoms with E-state index in [-0.39, 0.29) is 0 Å². The summed E-state index contributed by atoms with van der Waals surface area (Å²) in [4.78, 5) is 11.9. The van der Waals surface area contributed by atoms with Crippen LogP contribution in [0.1, 0.15) is 53.2 Å². The number of primary amides is 1. The molecule has 3 N–H and O–H groups in total. The van der Waals surface area contributed by atoms with Crippen LogP contribution in [0.5, 0.6) is 11.5 Å². The summed E-state index contributed by atoms with van der Waals surface area (Å²) in [5, 5.41) is 8.36. The van der Waals surface area contributed by atoms with Crippen LogP contribution in [0, 0.1) is 6.92 Å². The predicted octanol–water partition coefficient (Wildman–Crippen LogP) is 5.94. The monoisotopic (exact) mass is 426 g/mol. The molecule has 162 valence electrons. The fraction of sp³-hybridized carbons (Fsp3) is 0.231. The minimum Gasteiger partial charge on any atom is -0.457 e. The Bertz CT molecular complexity index is 1260. The van der Waals surface area contributed by atoms with Crippen LogP contribution in [0.3, 0.4) is 0 Å². The molecule has 1 saturated carbocycles. The van der Waals surface area contributed by atoms with E-state index >= 15 is 0 Å². The molecule has 1 aliphatic rings. The lowest BCUT2D eigenvalue weighted by molar-refractivity contribution is 0.1000. The van der Waals surface area contributed by atoms with E-state index in [1.165, 1.54) is 12.8 Å². The van der Waals surface area contributed by atoms with E-state index in [0.717, 1.165) is 52.5 Å². The standard InChI is InChI=1S/C26H26N4O2/c1-17-22(26(27)31)16-30-25(17)24(15-23(29-30)18-7-5-6-8-18)28-19-11-13-21(14-12-19)32-20-9-3-2-4-10-20/h2-4,9-16,18,28H,5-8H2,1H3,(H2,27,31). The highest BCUT2D eigenvalue weighted by molar-refractivity contribution is 5.98. The molecule has 1 aliphatic carbocycles. The molecule has 6 nitrogen and oxygen atoms in total. The van der Waals surface area contributed by atoms with Gasteiger partial charge in [0.2, 0.25) is 0 Å². The van der Waals surface area contributed by atoms with Gasteiger partial charge in [-0.2, -0.15) is 5.10 Å². The van der Waals surface area contributed by atoms with Gasteiger partial charge in [0.25, 0.3) is 5.91 Å². The third kappa shape index (κ3) is 3.91. The number of aryl methyl sites for hydroxylation is 1. The minimum atomic E-state index is -0.441. The summed E-state index contributed by atoms with van der Waals surface area (Å²) in [6.45, 7) is 1.91. The van der Waals surface area contributed by atoms with Crippen molar-refractivity contribution in [3.8, 4) is 11.5 Å². The van der Waals surface area contributed by atoms with Crippen LogP contribution < -0.4 is 15.8 Å². The number of aromatic nitrogens is 2. The third-order valence-corrected chi connectivity index (χ3v) is 6.16. The SMILES string of the molecule is Cc1c(C(N)=O)cn2nc(C3CCCC3)cc(Nc3ccc(Oc4ccccc4)cc3)c12. The molecule has 5 rings (SSSR count). The number of amides is 1. The van der Waals surface area contributed by atoms with Gasteiger partial charge in [-0.1, -0.05) is 31.0 Å². The molecule has 2 aromatic heterocycles. The number of nitrogens with zero attached hydrogens (tertiary/aromatic N) is 2. The van der Waals surface area contributed by atoms with Crippen LogP contribution in [-0.2, 0) is 0 Å². The number of nitrogens with two attached hydrogens (primary N) is 1. The number of rotatable bonds is 6. The molecule has 2 aromatic carbocycles. The summed E-state index contributed by atoms with van der Waals surface area (Å²) < 4.78 is 7.70. The first-order valence-electron chi connectivity index (χ1n) is 11.0. The summed E-state index contributed by atoms with van der Waals surface area (Å²) in [6, 6.07) is 19.7. The number of ether oxygens (including phenoxy) is 1. The number of nitrogens with one attached hydrogen (secondary N) is 1. The van der Waals surface area contributed by atoms with Crippen molar-refractivity contribution in [2.24, 2.45) is 5.73 Å². The van der Waals surface area contributed by atoms with E-state index < -0.39 is 5.91 Å². The Kier molecular flexibility index (Phi) is 5.27. The highest BCUT2D eigenvalue weighted by Gasteiger charge is 2.22. The van der Waals surface area contributed by atoms with Crippen LogP contribution in [0.4, 0.5) is 11.4 Å². The molecule has 2 heterocycles. The molecule has 1 amide bonds. The summed E-state index contributed by atoms with van der Waals surface area (Å²) >= 11 is 0. The largest absolute Gasteiger partial charge is 0.457 e. The number of hydrogen-bond acceptors (Lipinski definition) is 4. The highest BCUT2D eigenvalue weighted by Crippen LogP contribution is 2.36. The number of para-hydroxylation sites is 1. The summed E-state index contributed by atoms with van der Waals surface area (Å²) in [6.07, 6.45) is 6.49. The normalized spacial score (nSPS) is 14.0. The molecule has 4 aromatic rings. The van der Waals surface area contributed by atoms with Gasteiger partial charge in [0.05, 0.1) is 22.5 Å². The van der Waals surface area contributed by atoms with E-state index in [1.54, 1.807) is 10.7 Å². The fourth-order valence-corrected chi connectivity index (χ4v) is 4.51. The highest BCUT2D eigenvalue weighted by atomic mass is 16.5. The van der Waals surface area contributed by atoms with Gasteiger partial charge in [0.15, 0.2) is 0 Å². The van der Waals surface area contributed by atoms with E-state index in [2.05, 4.69) is 11.4 Å².